The molecule has 1 N–H and O–H groups in total. The summed E-state index contributed by atoms with van der Waals surface area (Å²) in [5, 5.41) is 20.0. The summed E-state index contributed by atoms with van der Waals surface area (Å²) in [5.74, 6) is 1.28. The first kappa shape index (κ1) is 16.7. The number of nitrogens with zero attached hydrogens (tertiary/aromatic N) is 4. The molecular weight excluding hydrogens is 348 g/mol. The van der Waals surface area contributed by atoms with E-state index in [-0.39, 0.29) is 17.4 Å². The number of thiophene rings is 1. The van der Waals surface area contributed by atoms with Gasteiger partial charge in [-0.1, -0.05) is 31.7 Å². The Balaban J connectivity index is 1.78. The van der Waals surface area contributed by atoms with Gasteiger partial charge in [0.2, 0.25) is 11.8 Å². The van der Waals surface area contributed by atoms with E-state index in [2.05, 4.69) is 15.2 Å². The lowest BCUT2D eigenvalue weighted by molar-refractivity contribution is 0.416. The van der Waals surface area contributed by atoms with Crippen molar-refractivity contribution in [3.05, 3.63) is 39.8 Å². The third-order valence-electron chi connectivity index (χ3n) is 3.03. The number of aromatic nitrogens is 4. The van der Waals surface area contributed by atoms with Crippen molar-refractivity contribution >= 4 is 23.1 Å². The van der Waals surface area contributed by atoms with Gasteiger partial charge in [-0.05, 0) is 17.4 Å². The zero-order chi connectivity index (χ0) is 17.1. The average molecular weight is 364 g/mol. The average Bonchev–Trinajstić information content (AvgIpc) is 3.18. The maximum atomic E-state index is 12.1. The van der Waals surface area contributed by atoms with Gasteiger partial charge in [0.1, 0.15) is 0 Å². The first-order valence-corrected chi connectivity index (χ1v) is 9.19. The van der Waals surface area contributed by atoms with Crippen LogP contribution in [0.5, 0.6) is 5.88 Å². The minimum absolute atomic E-state index is 0.275. The minimum atomic E-state index is -0.285. The van der Waals surface area contributed by atoms with E-state index in [1.54, 1.807) is 4.57 Å². The Kier molecular flexibility index (Phi) is 5.00. The molecule has 0 aliphatic carbocycles. The first-order chi connectivity index (χ1) is 11.5. The summed E-state index contributed by atoms with van der Waals surface area (Å²) in [6.45, 7) is 4.55. The fourth-order valence-corrected chi connectivity index (χ4v) is 3.55. The number of aromatic hydroxyl groups is 1. The Labute approximate surface area is 146 Å². The van der Waals surface area contributed by atoms with Gasteiger partial charge in [0.25, 0.3) is 11.4 Å². The molecule has 0 aliphatic rings. The molecule has 3 aromatic rings. The molecule has 0 amide bonds. The Bertz CT molecular complexity index is 871. The van der Waals surface area contributed by atoms with Crippen LogP contribution in [0.3, 0.4) is 0 Å². The van der Waals surface area contributed by atoms with Crippen molar-refractivity contribution in [1.29, 1.82) is 0 Å². The van der Waals surface area contributed by atoms with Gasteiger partial charge >= 0.3 is 0 Å². The highest BCUT2D eigenvalue weighted by atomic mass is 32.2. The van der Waals surface area contributed by atoms with E-state index < -0.39 is 0 Å². The fourth-order valence-electron chi connectivity index (χ4n) is 2.05. The summed E-state index contributed by atoms with van der Waals surface area (Å²) in [6.07, 6.45) is 0. The molecule has 3 aromatic heterocycles. The van der Waals surface area contributed by atoms with Crippen LogP contribution in [-0.4, -0.2) is 24.9 Å². The minimum Gasteiger partial charge on any atom is -0.493 e. The standard InChI is InChI=1S/C15H16N4O3S2/c1-9(2)7-19-13(21)6-11(20)16-15(19)24-8-12-17-18-14(22-12)10-4-3-5-23-10/h3-6,9,20H,7-8H2,1-2H3. The van der Waals surface area contributed by atoms with E-state index >= 15 is 0 Å². The maximum absolute atomic E-state index is 12.1. The molecule has 126 valence electrons. The Hall–Kier alpha value is -2.13. The zero-order valence-electron chi connectivity index (χ0n) is 13.2. The van der Waals surface area contributed by atoms with Gasteiger partial charge in [-0.15, -0.1) is 21.5 Å². The van der Waals surface area contributed by atoms with Gasteiger partial charge in [0.05, 0.1) is 16.7 Å². The SMILES string of the molecule is CC(C)Cn1c(SCc2nnc(-c3cccs3)o2)nc(O)cc1=O. The van der Waals surface area contributed by atoms with Gasteiger partial charge in [0.15, 0.2) is 5.16 Å². The van der Waals surface area contributed by atoms with Crippen molar-refractivity contribution in [1.82, 2.24) is 19.7 Å². The van der Waals surface area contributed by atoms with Gasteiger partial charge in [0, 0.05) is 6.54 Å². The molecule has 0 spiro atoms. The molecule has 0 atom stereocenters. The second-order valence-corrected chi connectivity index (χ2v) is 7.40. The molecular formula is C15H16N4O3S2. The molecule has 0 saturated carbocycles. The molecule has 0 radical (unpaired) electrons. The molecule has 3 rings (SSSR count). The second kappa shape index (κ2) is 7.18. The fraction of sp³-hybridized carbons (Fsp3) is 0.333. The second-order valence-electron chi connectivity index (χ2n) is 5.51. The molecule has 0 bridgehead atoms. The lowest BCUT2D eigenvalue weighted by atomic mass is 10.2. The molecule has 3 heterocycles. The quantitative estimate of drug-likeness (QED) is 0.531. The van der Waals surface area contributed by atoms with Crippen LogP contribution >= 0.6 is 23.1 Å². The summed E-state index contributed by atoms with van der Waals surface area (Å²) in [4.78, 5) is 17.0. The van der Waals surface area contributed by atoms with Crippen LogP contribution < -0.4 is 5.56 Å². The first-order valence-electron chi connectivity index (χ1n) is 7.33. The third kappa shape index (κ3) is 3.85. The topological polar surface area (TPSA) is 94.0 Å². The summed E-state index contributed by atoms with van der Waals surface area (Å²) in [6, 6.07) is 4.94. The highest BCUT2D eigenvalue weighted by Crippen LogP contribution is 2.26. The van der Waals surface area contributed by atoms with Crippen LogP contribution in [0.25, 0.3) is 10.8 Å². The third-order valence-corrected chi connectivity index (χ3v) is 4.85. The monoisotopic (exact) mass is 364 g/mol. The van der Waals surface area contributed by atoms with Crippen molar-refractivity contribution in [2.24, 2.45) is 5.92 Å². The largest absolute Gasteiger partial charge is 0.493 e. The maximum Gasteiger partial charge on any atom is 0.257 e. The van der Waals surface area contributed by atoms with Gasteiger partial charge in [-0.3, -0.25) is 9.36 Å². The molecule has 7 nitrogen and oxygen atoms in total. The molecule has 0 aromatic carbocycles. The van der Waals surface area contributed by atoms with Crippen LogP contribution in [-0.2, 0) is 12.3 Å². The zero-order valence-corrected chi connectivity index (χ0v) is 14.8. The van der Waals surface area contributed by atoms with Crippen molar-refractivity contribution in [3.8, 4) is 16.6 Å². The summed E-state index contributed by atoms with van der Waals surface area (Å²) in [5.41, 5.74) is -0.275. The van der Waals surface area contributed by atoms with E-state index in [0.717, 1.165) is 10.9 Å². The van der Waals surface area contributed by atoms with Crippen molar-refractivity contribution < 1.29 is 9.52 Å². The van der Waals surface area contributed by atoms with Crippen LogP contribution in [0.2, 0.25) is 0 Å². The lowest BCUT2D eigenvalue weighted by Gasteiger charge is -2.12. The molecule has 9 heteroatoms. The van der Waals surface area contributed by atoms with E-state index in [9.17, 15) is 9.90 Å². The predicted octanol–water partition coefficient (Wildman–Crippen LogP) is 3.01. The van der Waals surface area contributed by atoms with Crippen LogP contribution in [0, 0.1) is 5.92 Å². The number of rotatable bonds is 6. The Morgan fingerprint density at radius 2 is 2.25 bits per heavy atom. The van der Waals surface area contributed by atoms with Gasteiger partial charge < -0.3 is 9.52 Å². The Morgan fingerprint density at radius 1 is 1.42 bits per heavy atom. The summed E-state index contributed by atoms with van der Waals surface area (Å²) >= 11 is 2.80. The molecule has 0 aliphatic heterocycles. The van der Waals surface area contributed by atoms with Gasteiger partial charge in [-0.2, -0.15) is 4.98 Å². The van der Waals surface area contributed by atoms with Crippen molar-refractivity contribution in [2.75, 3.05) is 0 Å². The summed E-state index contributed by atoms with van der Waals surface area (Å²) < 4.78 is 7.17. The van der Waals surface area contributed by atoms with E-state index in [1.165, 1.54) is 23.1 Å². The Morgan fingerprint density at radius 3 is 2.96 bits per heavy atom. The van der Waals surface area contributed by atoms with E-state index in [4.69, 9.17) is 4.42 Å². The number of hydrogen-bond acceptors (Lipinski definition) is 8. The lowest BCUT2D eigenvalue weighted by Crippen LogP contribution is -2.24. The van der Waals surface area contributed by atoms with Crippen molar-refractivity contribution in [2.45, 2.75) is 31.3 Å². The molecule has 24 heavy (non-hydrogen) atoms. The van der Waals surface area contributed by atoms with Crippen LogP contribution in [0.15, 0.2) is 37.9 Å². The van der Waals surface area contributed by atoms with Crippen molar-refractivity contribution in [3.63, 3.8) is 0 Å². The highest BCUT2D eigenvalue weighted by Gasteiger charge is 2.14. The van der Waals surface area contributed by atoms with Gasteiger partial charge in [-0.25, -0.2) is 0 Å². The molecule has 0 unspecified atom stereocenters. The molecule has 0 fully saturated rings. The molecule has 0 saturated heterocycles. The van der Waals surface area contributed by atoms with E-state index in [0.29, 0.717) is 29.2 Å². The number of hydrogen-bond donors (Lipinski definition) is 1. The highest BCUT2D eigenvalue weighted by molar-refractivity contribution is 7.98. The smallest absolute Gasteiger partial charge is 0.257 e. The van der Waals surface area contributed by atoms with Crippen LogP contribution in [0.4, 0.5) is 0 Å². The van der Waals surface area contributed by atoms with E-state index in [1.807, 2.05) is 31.4 Å². The number of thioether (sulfide) groups is 1. The predicted molar refractivity (Wildman–Crippen MR) is 92.2 cm³/mol. The summed E-state index contributed by atoms with van der Waals surface area (Å²) in [7, 11) is 0. The normalized spacial score (nSPS) is 11.3. The van der Waals surface area contributed by atoms with Crippen LogP contribution in [0.1, 0.15) is 19.7 Å².